The third-order valence-electron chi connectivity index (χ3n) is 2.94. The zero-order valence-electron chi connectivity index (χ0n) is 8.81. The fraction of sp³-hybridized carbons (Fsp3) is 0.143. The van der Waals surface area contributed by atoms with Crippen LogP contribution in [0, 0.1) is 0 Å². The second-order valence-corrected chi connectivity index (χ2v) is 3.99. The predicted molar refractivity (Wildman–Crippen MR) is 65.4 cm³/mol. The highest BCUT2D eigenvalue weighted by atomic mass is 16.1. The van der Waals surface area contributed by atoms with Gasteiger partial charge in [-0.1, -0.05) is 30.3 Å². The molecule has 2 nitrogen and oxygen atoms in total. The van der Waals surface area contributed by atoms with E-state index in [0.29, 0.717) is 0 Å². The first kappa shape index (κ1) is 9.28. The van der Waals surface area contributed by atoms with Crippen molar-refractivity contribution in [2.75, 3.05) is 0 Å². The maximum Gasteiger partial charge on any atom is 0.270 e. The molecule has 78 valence electrons. The molecule has 0 amide bonds. The van der Waals surface area contributed by atoms with Crippen LogP contribution in [0.2, 0.25) is 0 Å². The minimum Gasteiger partial charge on any atom is -0.267 e. The average Bonchev–Trinajstić information content (AvgIpc) is 2.44. The molecule has 0 N–H and O–H groups in total. The number of nitrogens with zero attached hydrogens (tertiary/aromatic N) is 1. The standard InChI is InChI=1S/C14H11NO/c16-14-9-10-5-1-2-6-11(10)12-7-3-4-8-13(12)15-14/h1-2,4-6,8-9H,3,7H2. The number of aromatic nitrogens is 1. The van der Waals surface area contributed by atoms with E-state index in [1.165, 1.54) is 5.56 Å². The van der Waals surface area contributed by atoms with Gasteiger partial charge < -0.3 is 0 Å². The first-order valence-electron chi connectivity index (χ1n) is 5.44. The van der Waals surface area contributed by atoms with Gasteiger partial charge in [0.2, 0.25) is 0 Å². The number of allylic oxidation sites excluding steroid dienone is 1. The summed E-state index contributed by atoms with van der Waals surface area (Å²) in [7, 11) is 0. The van der Waals surface area contributed by atoms with E-state index in [-0.39, 0.29) is 5.56 Å². The van der Waals surface area contributed by atoms with Gasteiger partial charge in [-0.05, 0) is 35.3 Å². The number of benzene rings is 1. The monoisotopic (exact) mass is 209 g/mol. The summed E-state index contributed by atoms with van der Waals surface area (Å²) in [4.78, 5) is 15.7. The number of rotatable bonds is 0. The molecule has 16 heavy (non-hydrogen) atoms. The van der Waals surface area contributed by atoms with Crippen LogP contribution in [-0.2, 0) is 6.42 Å². The fourth-order valence-corrected chi connectivity index (χ4v) is 2.21. The molecule has 1 heterocycles. The van der Waals surface area contributed by atoms with E-state index in [0.717, 1.165) is 29.3 Å². The van der Waals surface area contributed by atoms with Crippen LogP contribution in [0.3, 0.4) is 0 Å². The molecule has 0 saturated heterocycles. The lowest BCUT2D eigenvalue weighted by Gasteiger charge is -2.07. The molecule has 2 heteroatoms. The average molecular weight is 209 g/mol. The van der Waals surface area contributed by atoms with Crippen LogP contribution in [0.25, 0.3) is 16.8 Å². The molecule has 0 bridgehead atoms. The van der Waals surface area contributed by atoms with Gasteiger partial charge in [0.05, 0.1) is 5.69 Å². The van der Waals surface area contributed by atoms with Gasteiger partial charge in [0.15, 0.2) is 0 Å². The molecule has 1 aromatic heterocycles. The van der Waals surface area contributed by atoms with Gasteiger partial charge in [-0.2, -0.15) is 0 Å². The Morgan fingerprint density at radius 1 is 1.19 bits per heavy atom. The molecule has 0 saturated carbocycles. The summed E-state index contributed by atoms with van der Waals surface area (Å²) in [6.45, 7) is 0. The summed E-state index contributed by atoms with van der Waals surface area (Å²) < 4.78 is 0. The highest BCUT2D eigenvalue weighted by Gasteiger charge is 2.09. The lowest BCUT2D eigenvalue weighted by molar-refractivity contribution is 0.979. The van der Waals surface area contributed by atoms with Gasteiger partial charge in [0.25, 0.3) is 5.56 Å². The highest BCUT2D eigenvalue weighted by Crippen LogP contribution is 2.23. The summed E-state index contributed by atoms with van der Waals surface area (Å²) in [5.74, 6) is 0. The molecule has 0 atom stereocenters. The molecule has 0 aliphatic heterocycles. The fourth-order valence-electron chi connectivity index (χ4n) is 2.21. The number of hydrogen-bond acceptors (Lipinski definition) is 2. The van der Waals surface area contributed by atoms with Crippen molar-refractivity contribution < 1.29 is 0 Å². The Morgan fingerprint density at radius 3 is 3.00 bits per heavy atom. The lowest BCUT2D eigenvalue weighted by atomic mass is 9.98. The first-order chi connectivity index (χ1) is 7.84. The molecule has 3 rings (SSSR count). The predicted octanol–water partition coefficient (Wildman–Crippen LogP) is 2.55. The lowest BCUT2D eigenvalue weighted by Crippen LogP contribution is -2.03. The molecule has 0 fully saturated rings. The Labute approximate surface area is 93.3 Å². The maximum atomic E-state index is 11.6. The molecule has 0 unspecified atom stereocenters. The zero-order chi connectivity index (χ0) is 11.0. The van der Waals surface area contributed by atoms with Crippen LogP contribution >= 0.6 is 0 Å². The van der Waals surface area contributed by atoms with Crippen molar-refractivity contribution >= 4 is 16.8 Å². The SMILES string of the molecule is O=c1cc2ccccc2c2c(n1)C=CCC2. The van der Waals surface area contributed by atoms with E-state index < -0.39 is 0 Å². The van der Waals surface area contributed by atoms with Gasteiger partial charge in [-0.3, -0.25) is 4.79 Å². The Kier molecular flexibility index (Phi) is 2.07. The summed E-state index contributed by atoms with van der Waals surface area (Å²) >= 11 is 0. The van der Waals surface area contributed by atoms with Crippen molar-refractivity contribution in [1.29, 1.82) is 0 Å². The van der Waals surface area contributed by atoms with Crippen LogP contribution in [0.1, 0.15) is 17.7 Å². The topological polar surface area (TPSA) is 30.0 Å². The highest BCUT2D eigenvalue weighted by molar-refractivity contribution is 5.87. The van der Waals surface area contributed by atoms with Crippen molar-refractivity contribution in [2.45, 2.75) is 12.8 Å². The third kappa shape index (κ3) is 1.43. The molecule has 1 aliphatic carbocycles. The minimum absolute atomic E-state index is 0.163. The van der Waals surface area contributed by atoms with E-state index in [9.17, 15) is 4.79 Å². The third-order valence-corrected chi connectivity index (χ3v) is 2.94. The van der Waals surface area contributed by atoms with Crippen LogP contribution < -0.4 is 5.56 Å². The molecule has 1 aromatic carbocycles. The molecule has 0 radical (unpaired) electrons. The van der Waals surface area contributed by atoms with Crippen molar-refractivity contribution in [3.05, 3.63) is 58.0 Å². The summed E-state index contributed by atoms with van der Waals surface area (Å²) in [5, 5.41) is 2.13. The van der Waals surface area contributed by atoms with Crippen LogP contribution in [0.15, 0.2) is 41.2 Å². The number of fused-ring (bicyclic) bond motifs is 3. The summed E-state index contributed by atoms with van der Waals surface area (Å²) in [6.07, 6.45) is 6.01. The number of hydrogen-bond donors (Lipinski definition) is 0. The van der Waals surface area contributed by atoms with Crippen molar-refractivity contribution in [2.24, 2.45) is 0 Å². The Bertz CT molecular complexity index is 644. The van der Waals surface area contributed by atoms with Crippen LogP contribution in [-0.4, -0.2) is 4.98 Å². The number of aryl methyl sites for hydroxylation is 1. The van der Waals surface area contributed by atoms with Gasteiger partial charge in [-0.25, -0.2) is 4.98 Å². The van der Waals surface area contributed by atoms with Crippen molar-refractivity contribution in [1.82, 2.24) is 4.98 Å². The summed E-state index contributed by atoms with van der Waals surface area (Å²) in [6, 6.07) is 9.60. The van der Waals surface area contributed by atoms with E-state index in [1.807, 2.05) is 24.3 Å². The molecule has 2 aromatic rings. The smallest absolute Gasteiger partial charge is 0.267 e. The quantitative estimate of drug-likeness (QED) is 0.667. The normalized spacial score (nSPS) is 13.8. The summed E-state index contributed by atoms with van der Waals surface area (Å²) in [5.41, 5.74) is 1.86. The zero-order valence-corrected chi connectivity index (χ0v) is 8.81. The van der Waals surface area contributed by atoms with Gasteiger partial charge >= 0.3 is 0 Å². The van der Waals surface area contributed by atoms with Gasteiger partial charge in [0.1, 0.15) is 0 Å². The van der Waals surface area contributed by atoms with Gasteiger partial charge in [-0.15, -0.1) is 0 Å². The maximum absolute atomic E-state index is 11.6. The molecular weight excluding hydrogens is 198 g/mol. The Morgan fingerprint density at radius 2 is 2.06 bits per heavy atom. The molecule has 0 spiro atoms. The second kappa shape index (κ2) is 3.56. The Hall–Kier alpha value is -1.96. The van der Waals surface area contributed by atoms with Gasteiger partial charge in [0, 0.05) is 6.07 Å². The molecule has 1 aliphatic rings. The Balaban J connectivity index is 2.54. The second-order valence-electron chi connectivity index (χ2n) is 3.99. The van der Waals surface area contributed by atoms with Crippen LogP contribution in [0.5, 0.6) is 0 Å². The first-order valence-corrected chi connectivity index (χ1v) is 5.44. The van der Waals surface area contributed by atoms with E-state index >= 15 is 0 Å². The largest absolute Gasteiger partial charge is 0.270 e. The van der Waals surface area contributed by atoms with E-state index in [1.54, 1.807) is 6.07 Å². The van der Waals surface area contributed by atoms with E-state index in [2.05, 4.69) is 17.1 Å². The van der Waals surface area contributed by atoms with E-state index in [4.69, 9.17) is 0 Å². The minimum atomic E-state index is -0.163. The van der Waals surface area contributed by atoms with Crippen LogP contribution in [0.4, 0.5) is 0 Å². The van der Waals surface area contributed by atoms with Crippen molar-refractivity contribution in [3.8, 4) is 0 Å². The molecular formula is C14H11NO. The van der Waals surface area contributed by atoms with Crippen molar-refractivity contribution in [3.63, 3.8) is 0 Å².